The van der Waals surface area contributed by atoms with E-state index in [2.05, 4.69) is 13.8 Å². The standard InChI is InChI=1S/C17H26O3/c1-17(2)9-7-12(8-10-17)16(18)14-6-5-13(19-3)11-15(14)20-4/h5-6,11-12,16,18H,7-10H2,1-4H3. The molecule has 3 nitrogen and oxygen atoms in total. The summed E-state index contributed by atoms with van der Waals surface area (Å²) in [7, 11) is 3.27. The molecule has 0 aromatic heterocycles. The number of hydrogen-bond donors (Lipinski definition) is 1. The minimum atomic E-state index is -0.452. The monoisotopic (exact) mass is 278 g/mol. The summed E-state index contributed by atoms with van der Waals surface area (Å²) in [6.45, 7) is 4.62. The van der Waals surface area contributed by atoms with Gasteiger partial charge in [-0.25, -0.2) is 0 Å². The third kappa shape index (κ3) is 3.26. The molecule has 1 aromatic rings. The molecule has 0 heterocycles. The molecule has 0 radical (unpaired) electrons. The molecular weight excluding hydrogens is 252 g/mol. The molecule has 112 valence electrons. The van der Waals surface area contributed by atoms with Crippen LogP contribution in [0, 0.1) is 11.3 Å². The number of aliphatic hydroxyl groups excluding tert-OH is 1. The molecular formula is C17H26O3. The van der Waals surface area contributed by atoms with E-state index in [0.29, 0.717) is 17.1 Å². The van der Waals surface area contributed by atoms with Crippen molar-refractivity contribution >= 4 is 0 Å². The number of ether oxygens (including phenoxy) is 2. The zero-order valence-corrected chi connectivity index (χ0v) is 13.0. The van der Waals surface area contributed by atoms with Gasteiger partial charge in [0.05, 0.1) is 20.3 Å². The van der Waals surface area contributed by atoms with Crippen LogP contribution in [0.4, 0.5) is 0 Å². The maximum atomic E-state index is 10.7. The molecule has 1 atom stereocenters. The Morgan fingerprint density at radius 3 is 2.35 bits per heavy atom. The van der Waals surface area contributed by atoms with Crippen LogP contribution >= 0.6 is 0 Å². The van der Waals surface area contributed by atoms with Crippen molar-refractivity contribution in [2.24, 2.45) is 11.3 Å². The molecule has 1 aliphatic carbocycles. The molecule has 1 N–H and O–H groups in total. The molecule has 2 rings (SSSR count). The van der Waals surface area contributed by atoms with Crippen LogP contribution in [0.25, 0.3) is 0 Å². The highest BCUT2D eigenvalue weighted by Crippen LogP contribution is 2.44. The Hall–Kier alpha value is -1.22. The SMILES string of the molecule is COc1ccc(C(O)C2CCC(C)(C)CC2)c(OC)c1. The summed E-state index contributed by atoms with van der Waals surface area (Å²) in [6.07, 6.45) is 4.04. The van der Waals surface area contributed by atoms with Crippen LogP contribution in [-0.2, 0) is 0 Å². The third-order valence-corrected chi connectivity index (χ3v) is 4.59. The average molecular weight is 278 g/mol. The summed E-state index contributed by atoms with van der Waals surface area (Å²) in [4.78, 5) is 0. The van der Waals surface area contributed by atoms with Crippen LogP contribution in [0.2, 0.25) is 0 Å². The maximum absolute atomic E-state index is 10.7. The van der Waals surface area contributed by atoms with Crippen LogP contribution < -0.4 is 9.47 Å². The average Bonchev–Trinajstić information content (AvgIpc) is 2.45. The van der Waals surface area contributed by atoms with E-state index in [1.807, 2.05) is 18.2 Å². The van der Waals surface area contributed by atoms with Crippen molar-refractivity contribution < 1.29 is 14.6 Å². The quantitative estimate of drug-likeness (QED) is 0.906. The van der Waals surface area contributed by atoms with Crippen molar-refractivity contribution in [2.45, 2.75) is 45.6 Å². The van der Waals surface area contributed by atoms with Gasteiger partial charge in [-0.2, -0.15) is 0 Å². The van der Waals surface area contributed by atoms with Crippen LogP contribution in [0.3, 0.4) is 0 Å². The number of methoxy groups -OCH3 is 2. The normalized spacial score (nSPS) is 20.4. The molecule has 0 aliphatic heterocycles. The summed E-state index contributed by atoms with van der Waals surface area (Å²) in [5.74, 6) is 1.79. The van der Waals surface area contributed by atoms with Gasteiger partial charge in [0.25, 0.3) is 0 Å². The Kier molecular flexibility index (Phi) is 4.59. The largest absolute Gasteiger partial charge is 0.497 e. The van der Waals surface area contributed by atoms with Gasteiger partial charge in [-0.1, -0.05) is 13.8 Å². The molecule has 0 saturated heterocycles. The van der Waals surface area contributed by atoms with Gasteiger partial charge in [0.15, 0.2) is 0 Å². The lowest BCUT2D eigenvalue weighted by atomic mass is 9.71. The topological polar surface area (TPSA) is 38.7 Å². The second-order valence-corrected chi connectivity index (χ2v) is 6.55. The van der Waals surface area contributed by atoms with Gasteiger partial charge in [-0.05, 0) is 49.1 Å². The van der Waals surface area contributed by atoms with E-state index in [4.69, 9.17) is 9.47 Å². The summed E-state index contributed by atoms with van der Waals surface area (Å²) >= 11 is 0. The van der Waals surface area contributed by atoms with Gasteiger partial charge in [0.1, 0.15) is 11.5 Å². The molecule has 0 amide bonds. The molecule has 1 aromatic carbocycles. The smallest absolute Gasteiger partial charge is 0.128 e. The van der Waals surface area contributed by atoms with E-state index in [1.54, 1.807) is 14.2 Å². The minimum Gasteiger partial charge on any atom is -0.497 e. The lowest BCUT2D eigenvalue weighted by Crippen LogP contribution is -2.25. The number of benzene rings is 1. The van der Waals surface area contributed by atoms with Crippen molar-refractivity contribution in [3.8, 4) is 11.5 Å². The highest BCUT2D eigenvalue weighted by atomic mass is 16.5. The van der Waals surface area contributed by atoms with E-state index >= 15 is 0 Å². The van der Waals surface area contributed by atoms with Crippen LogP contribution in [0.15, 0.2) is 18.2 Å². The second kappa shape index (κ2) is 6.04. The van der Waals surface area contributed by atoms with Crippen LogP contribution in [0.1, 0.15) is 51.2 Å². The molecule has 1 saturated carbocycles. The van der Waals surface area contributed by atoms with Gasteiger partial charge in [-0.3, -0.25) is 0 Å². The van der Waals surface area contributed by atoms with E-state index in [0.717, 1.165) is 24.2 Å². The second-order valence-electron chi connectivity index (χ2n) is 6.55. The summed E-state index contributed by atoms with van der Waals surface area (Å²) < 4.78 is 10.6. The van der Waals surface area contributed by atoms with Crippen LogP contribution in [0.5, 0.6) is 11.5 Å². The Labute approximate surface area is 121 Å². The van der Waals surface area contributed by atoms with Gasteiger partial charge < -0.3 is 14.6 Å². The first kappa shape index (κ1) is 15.2. The third-order valence-electron chi connectivity index (χ3n) is 4.59. The minimum absolute atomic E-state index is 0.324. The first-order valence-corrected chi connectivity index (χ1v) is 7.37. The predicted octanol–water partition coefficient (Wildman–Crippen LogP) is 3.95. The van der Waals surface area contributed by atoms with E-state index in [9.17, 15) is 5.11 Å². The number of hydrogen-bond acceptors (Lipinski definition) is 3. The molecule has 20 heavy (non-hydrogen) atoms. The molecule has 1 unspecified atom stereocenters. The molecule has 0 spiro atoms. The van der Waals surface area contributed by atoms with Crippen molar-refractivity contribution in [1.82, 2.24) is 0 Å². The van der Waals surface area contributed by atoms with Gasteiger partial charge in [0, 0.05) is 11.6 Å². The predicted molar refractivity (Wildman–Crippen MR) is 80.2 cm³/mol. The highest BCUT2D eigenvalue weighted by molar-refractivity contribution is 5.42. The van der Waals surface area contributed by atoms with Gasteiger partial charge in [0.2, 0.25) is 0 Å². The van der Waals surface area contributed by atoms with Crippen molar-refractivity contribution in [3.63, 3.8) is 0 Å². The van der Waals surface area contributed by atoms with Crippen molar-refractivity contribution in [3.05, 3.63) is 23.8 Å². The molecule has 3 heteroatoms. The number of rotatable bonds is 4. The van der Waals surface area contributed by atoms with Crippen molar-refractivity contribution in [2.75, 3.05) is 14.2 Å². The zero-order chi connectivity index (χ0) is 14.8. The lowest BCUT2D eigenvalue weighted by Gasteiger charge is -2.36. The Bertz CT molecular complexity index is 444. The maximum Gasteiger partial charge on any atom is 0.128 e. The lowest BCUT2D eigenvalue weighted by molar-refractivity contribution is 0.0550. The van der Waals surface area contributed by atoms with E-state index < -0.39 is 6.10 Å². The molecule has 0 bridgehead atoms. The van der Waals surface area contributed by atoms with Gasteiger partial charge >= 0.3 is 0 Å². The van der Waals surface area contributed by atoms with Gasteiger partial charge in [-0.15, -0.1) is 0 Å². The fourth-order valence-electron chi connectivity index (χ4n) is 3.05. The number of aliphatic hydroxyl groups is 1. The Balaban J connectivity index is 2.15. The first-order chi connectivity index (χ1) is 9.46. The Morgan fingerprint density at radius 2 is 1.80 bits per heavy atom. The van der Waals surface area contributed by atoms with E-state index in [1.165, 1.54) is 12.8 Å². The highest BCUT2D eigenvalue weighted by Gasteiger charge is 2.32. The Morgan fingerprint density at radius 1 is 1.15 bits per heavy atom. The summed E-state index contributed by atoms with van der Waals surface area (Å²) in [6, 6.07) is 5.64. The summed E-state index contributed by atoms with van der Waals surface area (Å²) in [5, 5.41) is 10.7. The van der Waals surface area contributed by atoms with E-state index in [-0.39, 0.29) is 0 Å². The molecule has 1 fully saturated rings. The van der Waals surface area contributed by atoms with Crippen LogP contribution in [-0.4, -0.2) is 19.3 Å². The zero-order valence-electron chi connectivity index (χ0n) is 13.0. The van der Waals surface area contributed by atoms with Crippen molar-refractivity contribution in [1.29, 1.82) is 0 Å². The summed E-state index contributed by atoms with van der Waals surface area (Å²) in [5.41, 5.74) is 1.29. The molecule has 1 aliphatic rings. The fourth-order valence-corrected chi connectivity index (χ4v) is 3.05. The fraction of sp³-hybridized carbons (Fsp3) is 0.647. The first-order valence-electron chi connectivity index (χ1n) is 7.37.